The molecule has 0 saturated carbocycles. The standard InChI is InChI=1S/C77H142O6/c1-4-7-10-13-16-19-22-25-27-29-31-33-34-35-36-37-38-39-40-41-42-44-45-47-49-52-55-58-61-64-67-70-76(79)82-73-74(72-81-75(78)69-66-63-60-57-54-51-24-21-18-15-12-9-6-3)83-77(80)71-68-65-62-59-56-53-50-48-46-43-32-30-28-26-23-20-17-14-11-8-5-2/h22-23,25-26,29-32,74H,4-21,24,27-28,33-73H2,1-3H3/b25-22-,26-23-,31-29-,32-30-. The van der Waals surface area contributed by atoms with E-state index in [0.29, 0.717) is 19.3 Å². The molecule has 6 nitrogen and oxygen atoms in total. The molecule has 0 amide bonds. The van der Waals surface area contributed by atoms with Gasteiger partial charge in [-0.1, -0.05) is 352 Å². The van der Waals surface area contributed by atoms with E-state index in [0.717, 1.165) is 70.6 Å². The molecular formula is C77H142O6. The molecule has 0 N–H and O–H groups in total. The SMILES string of the molecule is CCCCCCC/C=C\C/C=C\CCCCCCCCCCCCCCCCCCCCCC(=O)OCC(COC(=O)CCCCCCCCCCCCCCC)OC(=O)CCCCCCCCCCC/C=C\C/C=C\CCCCCCC. The van der Waals surface area contributed by atoms with Crippen molar-refractivity contribution in [2.45, 2.75) is 412 Å². The first-order valence-corrected chi connectivity index (χ1v) is 37.1. The summed E-state index contributed by atoms with van der Waals surface area (Å²) in [4.78, 5) is 38.5. The monoisotopic (exact) mass is 1160 g/mol. The number of esters is 3. The maximum atomic E-state index is 13.0. The number of unbranched alkanes of at least 4 members (excludes halogenated alkanes) is 50. The molecule has 0 aromatic rings. The number of allylic oxidation sites excluding steroid dienone is 8. The summed E-state index contributed by atoms with van der Waals surface area (Å²) in [5.41, 5.74) is 0. The lowest BCUT2D eigenvalue weighted by Crippen LogP contribution is -2.30. The lowest BCUT2D eigenvalue weighted by atomic mass is 10.0. The van der Waals surface area contributed by atoms with Crippen molar-refractivity contribution in [1.29, 1.82) is 0 Å². The Kier molecular flexibility index (Phi) is 69.6. The molecule has 0 radical (unpaired) electrons. The van der Waals surface area contributed by atoms with E-state index in [4.69, 9.17) is 14.2 Å². The van der Waals surface area contributed by atoms with Crippen molar-refractivity contribution in [3.05, 3.63) is 48.6 Å². The van der Waals surface area contributed by atoms with Gasteiger partial charge in [0.05, 0.1) is 0 Å². The maximum Gasteiger partial charge on any atom is 0.306 e. The molecule has 0 aliphatic carbocycles. The van der Waals surface area contributed by atoms with Crippen LogP contribution in [-0.4, -0.2) is 37.2 Å². The molecule has 0 heterocycles. The van der Waals surface area contributed by atoms with Gasteiger partial charge in [-0.25, -0.2) is 0 Å². The van der Waals surface area contributed by atoms with E-state index in [1.807, 2.05) is 0 Å². The van der Waals surface area contributed by atoms with Crippen molar-refractivity contribution in [3.8, 4) is 0 Å². The zero-order valence-corrected chi connectivity index (χ0v) is 56.0. The first-order valence-electron chi connectivity index (χ1n) is 37.1. The Labute approximate surface area is 518 Å². The van der Waals surface area contributed by atoms with Gasteiger partial charge in [0.25, 0.3) is 0 Å². The van der Waals surface area contributed by atoms with Gasteiger partial charge >= 0.3 is 17.9 Å². The normalized spacial score (nSPS) is 12.3. The van der Waals surface area contributed by atoms with Gasteiger partial charge in [0.1, 0.15) is 13.2 Å². The summed E-state index contributed by atoms with van der Waals surface area (Å²) in [5, 5.41) is 0. The van der Waals surface area contributed by atoms with Crippen molar-refractivity contribution >= 4 is 17.9 Å². The fourth-order valence-electron chi connectivity index (χ4n) is 11.2. The summed E-state index contributed by atoms with van der Waals surface area (Å²) in [6.45, 7) is 6.69. The molecule has 1 atom stereocenters. The zero-order chi connectivity index (χ0) is 59.9. The van der Waals surface area contributed by atoms with E-state index in [-0.39, 0.29) is 31.1 Å². The van der Waals surface area contributed by atoms with Crippen LogP contribution in [0.4, 0.5) is 0 Å². The van der Waals surface area contributed by atoms with Crippen LogP contribution in [0.3, 0.4) is 0 Å². The summed E-state index contributed by atoms with van der Waals surface area (Å²) in [7, 11) is 0. The van der Waals surface area contributed by atoms with Crippen LogP contribution in [0, 0.1) is 0 Å². The third-order valence-corrected chi connectivity index (χ3v) is 16.8. The van der Waals surface area contributed by atoms with Gasteiger partial charge in [0.2, 0.25) is 0 Å². The summed E-state index contributed by atoms with van der Waals surface area (Å²) in [6.07, 6.45) is 91.5. The molecule has 1 unspecified atom stereocenters. The number of carbonyl (C=O) groups is 3. The predicted molar refractivity (Wildman–Crippen MR) is 362 cm³/mol. The maximum absolute atomic E-state index is 13.0. The van der Waals surface area contributed by atoms with Crippen molar-refractivity contribution in [3.63, 3.8) is 0 Å². The van der Waals surface area contributed by atoms with Gasteiger partial charge < -0.3 is 14.2 Å². The average Bonchev–Trinajstić information content (AvgIpc) is 3.49. The number of rotatable bonds is 69. The molecule has 6 heteroatoms. The van der Waals surface area contributed by atoms with Gasteiger partial charge in [-0.15, -0.1) is 0 Å². The largest absolute Gasteiger partial charge is 0.462 e. The molecule has 0 aliphatic heterocycles. The number of hydrogen-bond donors (Lipinski definition) is 0. The molecule has 0 rings (SSSR count). The molecule has 0 aliphatic rings. The summed E-state index contributed by atoms with van der Waals surface area (Å²) >= 11 is 0. The second kappa shape index (κ2) is 71.8. The second-order valence-corrected chi connectivity index (χ2v) is 25.2. The van der Waals surface area contributed by atoms with Crippen LogP contribution in [0.5, 0.6) is 0 Å². The first kappa shape index (κ1) is 80.4. The third-order valence-electron chi connectivity index (χ3n) is 16.8. The Balaban J connectivity index is 4.17. The quantitative estimate of drug-likeness (QED) is 0.0261. The Hall–Kier alpha value is -2.63. The summed E-state index contributed by atoms with van der Waals surface area (Å²) in [6, 6.07) is 0. The van der Waals surface area contributed by atoms with Crippen LogP contribution < -0.4 is 0 Å². The minimum absolute atomic E-state index is 0.0690. The molecule has 0 saturated heterocycles. The third kappa shape index (κ3) is 70.0. The van der Waals surface area contributed by atoms with E-state index < -0.39 is 6.10 Å². The smallest absolute Gasteiger partial charge is 0.306 e. The van der Waals surface area contributed by atoms with E-state index in [9.17, 15) is 14.4 Å². The van der Waals surface area contributed by atoms with E-state index in [1.165, 1.54) is 295 Å². The molecule has 486 valence electrons. The van der Waals surface area contributed by atoms with Crippen LogP contribution in [0.2, 0.25) is 0 Å². The van der Waals surface area contributed by atoms with Crippen molar-refractivity contribution < 1.29 is 28.6 Å². The Morgan fingerprint density at radius 3 is 0.663 bits per heavy atom. The second-order valence-electron chi connectivity index (χ2n) is 25.2. The van der Waals surface area contributed by atoms with Crippen LogP contribution in [0.1, 0.15) is 406 Å². The van der Waals surface area contributed by atoms with Crippen molar-refractivity contribution in [2.75, 3.05) is 13.2 Å². The Bertz CT molecular complexity index is 1430. The number of ether oxygens (including phenoxy) is 3. The van der Waals surface area contributed by atoms with Gasteiger partial charge in [0.15, 0.2) is 6.10 Å². The van der Waals surface area contributed by atoms with Crippen LogP contribution in [0.15, 0.2) is 48.6 Å². The molecule has 0 bridgehead atoms. The molecule has 0 aromatic heterocycles. The molecule has 0 aromatic carbocycles. The predicted octanol–water partition coefficient (Wildman–Crippen LogP) is 25.7. The van der Waals surface area contributed by atoms with Gasteiger partial charge in [-0.2, -0.15) is 0 Å². The minimum atomic E-state index is -0.773. The van der Waals surface area contributed by atoms with Crippen LogP contribution in [-0.2, 0) is 28.6 Å². The van der Waals surface area contributed by atoms with E-state index in [2.05, 4.69) is 69.4 Å². The van der Waals surface area contributed by atoms with Crippen molar-refractivity contribution in [2.24, 2.45) is 0 Å². The number of hydrogen-bond acceptors (Lipinski definition) is 6. The van der Waals surface area contributed by atoms with E-state index in [1.54, 1.807) is 0 Å². The molecule has 0 fully saturated rings. The Morgan fingerprint density at radius 1 is 0.241 bits per heavy atom. The summed E-state index contributed by atoms with van der Waals surface area (Å²) < 4.78 is 17.0. The molecular weight excluding hydrogens is 1020 g/mol. The highest BCUT2D eigenvalue weighted by atomic mass is 16.6. The lowest BCUT2D eigenvalue weighted by Gasteiger charge is -2.18. The van der Waals surface area contributed by atoms with Crippen LogP contribution in [0.25, 0.3) is 0 Å². The van der Waals surface area contributed by atoms with Gasteiger partial charge in [-0.05, 0) is 83.5 Å². The molecule has 83 heavy (non-hydrogen) atoms. The fourth-order valence-corrected chi connectivity index (χ4v) is 11.2. The van der Waals surface area contributed by atoms with Crippen molar-refractivity contribution in [1.82, 2.24) is 0 Å². The number of carbonyl (C=O) groups excluding carboxylic acids is 3. The molecule has 0 spiro atoms. The summed E-state index contributed by atoms with van der Waals surface area (Å²) in [5.74, 6) is -0.844. The Morgan fingerprint density at radius 2 is 0.434 bits per heavy atom. The average molecular weight is 1160 g/mol. The van der Waals surface area contributed by atoms with Crippen LogP contribution >= 0.6 is 0 Å². The zero-order valence-electron chi connectivity index (χ0n) is 56.0. The highest BCUT2D eigenvalue weighted by molar-refractivity contribution is 5.71. The highest BCUT2D eigenvalue weighted by Crippen LogP contribution is 2.19. The minimum Gasteiger partial charge on any atom is -0.462 e. The van der Waals surface area contributed by atoms with Gasteiger partial charge in [0, 0.05) is 19.3 Å². The van der Waals surface area contributed by atoms with E-state index >= 15 is 0 Å². The lowest BCUT2D eigenvalue weighted by molar-refractivity contribution is -0.167. The first-order chi connectivity index (χ1) is 41.0. The highest BCUT2D eigenvalue weighted by Gasteiger charge is 2.19. The fraction of sp³-hybridized carbons (Fsp3) is 0.857. The topological polar surface area (TPSA) is 78.9 Å². The van der Waals surface area contributed by atoms with Gasteiger partial charge in [-0.3, -0.25) is 14.4 Å².